The molecule has 1 heterocycles. The highest BCUT2D eigenvalue weighted by Gasteiger charge is 2.19. The minimum atomic E-state index is -0.472. The number of aryl methyl sites for hydroxylation is 1. The molecule has 1 amide bonds. The zero-order valence-electron chi connectivity index (χ0n) is 15.7. The molecule has 1 aliphatic rings. The van der Waals surface area contributed by atoms with Crippen LogP contribution in [0.25, 0.3) is 0 Å². The summed E-state index contributed by atoms with van der Waals surface area (Å²) in [6.45, 7) is 6.76. The van der Waals surface area contributed by atoms with Gasteiger partial charge < -0.3 is 15.0 Å². The van der Waals surface area contributed by atoms with Crippen molar-refractivity contribution in [3.8, 4) is 5.75 Å². The van der Waals surface area contributed by atoms with E-state index in [9.17, 15) is 4.79 Å². The molecule has 0 spiro atoms. The quantitative estimate of drug-likeness (QED) is 0.817. The van der Waals surface area contributed by atoms with Crippen LogP contribution in [-0.4, -0.2) is 25.1 Å². The molecular weight excluding hydrogens is 324 g/mol. The zero-order valence-corrected chi connectivity index (χ0v) is 15.7. The van der Waals surface area contributed by atoms with Crippen LogP contribution in [0.4, 0.5) is 5.69 Å². The van der Waals surface area contributed by atoms with Crippen LogP contribution >= 0.6 is 0 Å². The van der Waals surface area contributed by atoms with E-state index in [2.05, 4.69) is 34.5 Å². The van der Waals surface area contributed by atoms with Crippen LogP contribution in [0.15, 0.2) is 48.5 Å². The van der Waals surface area contributed by atoms with Gasteiger partial charge in [0.1, 0.15) is 5.75 Å². The Hall–Kier alpha value is -2.49. The predicted molar refractivity (Wildman–Crippen MR) is 106 cm³/mol. The van der Waals surface area contributed by atoms with E-state index in [1.807, 2.05) is 38.1 Å². The van der Waals surface area contributed by atoms with Crippen molar-refractivity contribution < 1.29 is 9.53 Å². The fraction of sp³-hybridized carbons (Fsp3) is 0.409. The van der Waals surface area contributed by atoms with Crippen LogP contribution in [0.2, 0.25) is 0 Å². The van der Waals surface area contributed by atoms with Crippen LogP contribution in [0.5, 0.6) is 5.75 Å². The summed E-state index contributed by atoms with van der Waals surface area (Å²) in [6, 6.07) is 16.3. The summed E-state index contributed by atoms with van der Waals surface area (Å²) < 4.78 is 5.91. The lowest BCUT2D eigenvalue weighted by Crippen LogP contribution is -2.37. The first-order valence-electron chi connectivity index (χ1n) is 9.51. The summed E-state index contributed by atoms with van der Waals surface area (Å²) >= 11 is 0. The number of amides is 1. The number of carbonyl (C=O) groups excluding carboxylic acids is 1. The zero-order chi connectivity index (χ0) is 18.4. The van der Waals surface area contributed by atoms with E-state index in [0.29, 0.717) is 13.0 Å². The van der Waals surface area contributed by atoms with E-state index >= 15 is 0 Å². The van der Waals surface area contributed by atoms with Gasteiger partial charge >= 0.3 is 0 Å². The van der Waals surface area contributed by atoms with Gasteiger partial charge in [0.2, 0.25) is 0 Å². The average Bonchev–Trinajstić information content (AvgIpc) is 3.20. The van der Waals surface area contributed by atoms with Gasteiger partial charge in [0.25, 0.3) is 5.91 Å². The Morgan fingerprint density at radius 3 is 2.46 bits per heavy atom. The number of nitrogens with zero attached hydrogens (tertiary/aromatic N) is 1. The predicted octanol–water partition coefficient (Wildman–Crippen LogP) is 4.07. The average molecular weight is 352 g/mol. The van der Waals surface area contributed by atoms with E-state index < -0.39 is 6.10 Å². The highest BCUT2D eigenvalue weighted by Crippen LogP contribution is 2.21. The van der Waals surface area contributed by atoms with Crippen molar-refractivity contribution in [1.29, 1.82) is 0 Å². The van der Waals surface area contributed by atoms with Gasteiger partial charge in [-0.05, 0) is 55.5 Å². The minimum Gasteiger partial charge on any atom is -0.480 e. The molecule has 4 heteroatoms. The topological polar surface area (TPSA) is 41.6 Å². The maximum absolute atomic E-state index is 12.5. The number of anilines is 1. The standard InChI is InChI=1S/C22H28N2O2/c1-3-20(26-21-9-5-4-8-17(21)2)22(25)23-16-18-10-12-19(13-11-18)24-14-6-7-15-24/h4-5,8-13,20H,3,6-7,14-16H2,1-2H3,(H,23,25)/t20-/m0/s1. The van der Waals surface area contributed by atoms with Crippen LogP contribution < -0.4 is 15.0 Å². The lowest BCUT2D eigenvalue weighted by atomic mass is 10.1. The molecule has 138 valence electrons. The molecule has 3 rings (SSSR count). The highest BCUT2D eigenvalue weighted by molar-refractivity contribution is 5.81. The number of para-hydroxylation sites is 1. The van der Waals surface area contributed by atoms with Gasteiger partial charge in [0.05, 0.1) is 0 Å². The summed E-state index contributed by atoms with van der Waals surface area (Å²) in [5.41, 5.74) is 3.41. The third kappa shape index (κ3) is 4.57. The Kier molecular flexibility index (Phi) is 6.16. The number of benzene rings is 2. The molecular formula is C22H28N2O2. The minimum absolute atomic E-state index is 0.0700. The molecule has 0 bridgehead atoms. The fourth-order valence-electron chi connectivity index (χ4n) is 3.27. The van der Waals surface area contributed by atoms with Gasteiger partial charge in [-0.2, -0.15) is 0 Å². The summed E-state index contributed by atoms with van der Waals surface area (Å²) in [7, 11) is 0. The van der Waals surface area contributed by atoms with E-state index in [1.165, 1.54) is 18.5 Å². The molecule has 0 saturated carbocycles. The number of rotatable bonds is 7. The van der Waals surface area contributed by atoms with Crippen molar-refractivity contribution >= 4 is 11.6 Å². The molecule has 2 aromatic rings. The van der Waals surface area contributed by atoms with Crippen molar-refractivity contribution in [2.75, 3.05) is 18.0 Å². The van der Waals surface area contributed by atoms with Crippen molar-refractivity contribution in [3.63, 3.8) is 0 Å². The first-order valence-corrected chi connectivity index (χ1v) is 9.51. The highest BCUT2D eigenvalue weighted by atomic mass is 16.5. The van der Waals surface area contributed by atoms with Crippen LogP contribution in [0.3, 0.4) is 0 Å². The van der Waals surface area contributed by atoms with Crippen molar-refractivity contribution in [2.24, 2.45) is 0 Å². The molecule has 1 saturated heterocycles. The van der Waals surface area contributed by atoms with Gasteiger partial charge in [-0.25, -0.2) is 0 Å². The summed E-state index contributed by atoms with van der Waals surface area (Å²) in [6.07, 6.45) is 2.71. The molecule has 0 radical (unpaired) electrons. The van der Waals surface area contributed by atoms with E-state index in [1.54, 1.807) is 0 Å². The molecule has 26 heavy (non-hydrogen) atoms. The summed E-state index contributed by atoms with van der Waals surface area (Å²) in [5, 5.41) is 3.00. The Morgan fingerprint density at radius 1 is 1.12 bits per heavy atom. The normalized spacial score (nSPS) is 14.9. The van der Waals surface area contributed by atoms with Gasteiger partial charge in [-0.3, -0.25) is 4.79 Å². The first-order chi connectivity index (χ1) is 12.7. The van der Waals surface area contributed by atoms with Gasteiger partial charge in [-0.1, -0.05) is 37.3 Å². The Labute approximate surface area is 156 Å². The number of carbonyl (C=O) groups is 1. The number of hydrogen-bond donors (Lipinski definition) is 1. The molecule has 1 fully saturated rings. The van der Waals surface area contributed by atoms with Crippen LogP contribution in [0.1, 0.15) is 37.3 Å². The SMILES string of the molecule is CC[C@H](Oc1ccccc1C)C(=O)NCc1ccc(N2CCCC2)cc1. The molecule has 4 nitrogen and oxygen atoms in total. The maximum Gasteiger partial charge on any atom is 0.261 e. The smallest absolute Gasteiger partial charge is 0.261 e. The summed E-state index contributed by atoms with van der Waals surface area (Å²) in [5.74, 6) is 0.698. The Morgan fingerprint density at radius 2 is 1.81 bits per heavy atom. The third-order valence-corrected chi connectivity index (χ3v) is 4.90. The lowest BCUT2D eigenvalue weighted by molar-refractivity contribution is -0.128. The van der Waals surface area contributed by atoms with E-state index in [-0.39, 0.29) is 5.91 Å². The monoisotopic (exact) mass is 352 g/mol. The molecule has 2 aromatic carbocycles. The maximum atomic E-state index is 12.5. The largest absolute Gasteiger partial charge is 0.480 e. The molecule has 0 unspecified atom stereocenters. The second-order valence-corrected chi connectivity index (χ2v) is 6.86. The molecule has 1 aliphatic heterocycles. The summed E-state index contributed by atoms with van der Waals surface area (Å²) in [4.78, 5) is 14.9. The van der Waals surface area contributed by atoms with Crippen molar-refractivity contribution in [2.45, 2.75) is 45.8 Å². The number of hydrogen-bond acceptors (Lipinski definition) is 3. The second-order valence-electron chi connectivity index (χ2n) is 6.86. The van der Waals surface area contributed by atoms with Crippen molar-refractivity contribution in [3.05, 3.63) is 59.7 Å². The van der Waals surface area contributed by atoms with Gasteiger partial charge in [-0.15, -0.1) is 0 Å². The van der Waals surface area contributed by atoms with Gasteiger partial charge in [0, 0.05) is 25.3 Å². The third-order valence-electron chi connectivity index (χ3n) is 4.90. The van der Waals surface area contributed by atoms with Crippen molar-refractivity contribution in [1.82, 2.24) is 5.32 Å². The van der Waals surface area contributed by atoms with E-state index in [4.69, 9.17) is 4.74 Å². The number of ether oxygens (including phenoxy) is 1. The molecule has 0 aromatic heterocycles. The lowest BCUT2D eigenvalue weighted by Gasteiger charge is -2.19. The molecule has 1 atom stereocenters. The van der Waals surface area contributed by atoms with Crippen LogP contribution in [-0.2, 0) is 11.3 Å². The Bertz CT molecular complexity index is 721. The molecule has 0 aliphatic carbocycles. The van der Waals surface area contributed by atoms with E-state index in [0.717, 1.165) is 30.0 Å². The van der Waals surface area contributed by atoms with Gasteiger partial charge in [0.15, 0.2) is 6.10 Å². The fourth-order valence-corrected chi connectivity index (χ4v) is 3.27. The second kappa shape index (κ2) is 8.75. The Balaban J connectivity index is 1.54. The molecule has 1 N–H and O–H groups in total. The first kappa shape index (κ1) is 18.3. The van der Waals surface area contributed by atoms with Crippen LogP contribution in [0, 0.1) is 6.92 Å². The number of nitrogens with one attached hydrogen (secondary N) is 1.